The van der Waals surface area contributed by atoms with Crippen LogP contribution in [0, 0.1) is 6.92 Å². The van der Waals surface area contributed by atoms with Crippen LogP contribution < -0.4 is 5.73 Å². The van der Waals surface area contributed by atoms with Crippen LogP contribution in [0.15, 0.2) is 0 Å². The van der Waals surface area contributed by atoms with Gasteiger partial charge in [-0.05, 0) is 13.3 Å². The van der Waals surface area contributed by atoms with E-state index in [4.69, 9.17) is 15.4 Å². The lowest BCUT2D eigenvalue weighted by Crippen LogP contribution is -2.27. The zero-order chi connectivity index (χ0) is 7.98. The maximum absolute atomic E-state index is 5.40. The summed E-state index contributed by atoms with van der Waals surface area (Å²) in [5.74, 6) is 0. The summed E-state index contributed by atoms with van der Waals surface area (Å²) in [4.78, 5) is 9.56. The predicted octanol–water partition coefficient (Wildman–Crippen LogP) is -0.0373. The lowest BCUT2D eigenvalue weighted by atomic mass is 10.3. The standard InChI is InChI=1S/C6H15N2O2/c1-6(7)4-5-8(9-2)10-3/h6H,1,4-5,7H2,2-3H3. The fraction of sp³-hybridized carbons (Fsp3) is 0.833. The Morgan fingerprint density at radius 3 is 2.30 bits per heavy atom. The van der Waals surface area contributed by atoms with E-state index in [0.717, 1.165) is 6.42 Å². The summed E-state index contributed by atoms with van der Waals surface area (Å²) < 4.78 is 0. The smallest absolute Gasteiger partial charge is 0.0601 e. The zero-order valence-electron chi connectivity index (χ0n) is 6.54. The highest BCUT2D eigenvalue weighted by Crippen LogP contribution is 1.92. The molecule has 0 rings (SSSR count). The summed E-state index contributed by atoms with van der Waals surface area (Å²) in [7, 11) is 3.08. The first-order chi connectivity index (χ1) is 4.70. The van der Waals surface area contributed by atoms with E-state index in [0.29, 0.717) is 6.54 Å². The summed E-state index contributed by atoms with van der Waals surface area (Å²) in [6, 6.07) is -0.0622. The summed E-state index contributed by atoms with van der Waals surface area (Å²) in [5, 5.41) is 1.35. The minimum absolute atomic E-state index is 0.0622. The van der Waals surface area contributed by atoms with Crippen LogP contribution in [0.1, 0.15) is 6.42 Å². The summed E-state index contributed by atoms with van der Waals surface area (Å²) in [6.45, 7) is 4.26. The molecule has 0 aliphatic rings. The molecule has 4 nitrogen and oxygen atoms in total. The molecular formula is C6H15N2O2. The van der Waals surface area contributed by atoms with Gasteiger partial charge in [-0.15, -0.1) is 0 Å². The number of rotatable bonds is 5. The van der Waals surface area contributed by atoms with Crippen LogP contribution in [0.4, 0.5) is 0 Å². The predicted molar refractivity (Wildman–Crippen MR) is 38.7 cm³/mol. The molecule has 0 bridgehead atoms. The Labute approximate surface area is 61.8 Å². The van der Waals surface area contributed by atoms with E-state index in [-0.39, 0.29) is 6.04 Å². The Bertz CT molecular complexity index is 74.1. The van der Waals surface area contributed by atoms with Gasteiger partial charge in [0.15, 0.2) is 0 Å². The van der Waals surface area contributed by atoms with E-state index in [1.54, 1.807) is 0 Å². The molecule has 10 heavy (non-hydrogen) atoms. The average molecular weight is 147 g/mol. The van der Waals surface area contributed by atoms with Gasteiger partial charge in [0.1, 0.15) is 0 Å². The van der Waals surface area contributed by atoms with E-state index in [2.05, 4.69) is 6.92 Å². The lowest BCUT2D eigenvalue weighted by Gasteiger charge is -2.16. The van der Waals surface area contributed by atoms with Crippen LogP contribution >= 0.6 is 0 Å². The van der Waals surface area contributed by atoms with Crippen LogP contribution in [-0.4, -0.2) is 32.0 Å². The van der Waals surface area contributed by atoms with Gasteiger partial charge in [-0.2, -0.15) is 0 Å². The van der Waals surface area contributed by atoms with Crippen molar-refractivity contribution in [3.8, 4) is 0 Å². The first kappa shape index (κ1) is 9.84. The third-order valence-corrected chi connectivity index (χ3v) is 1.09. The van der Waals surface area contributed by atoms with E-state index >= 15 is 0 Å². The first-order valence-corrected chi connectivity index (χ1v) is 3.15. The normalized spacial score (nSPS) is 14.1. The van der Waals surface area contributed by atoms with Crippen molar-refractivity contribution in [1.29, 1.82) is 0 Å². The van der Waals surface area contributed by atoms with Gasteiger partial charge in [0, 0.05) is 6.04 Å². The Hall–Kier alpha value is -0.160. The van der Waals surface area contributed by atoms with Crippen molar-refractivity contribution >= 4 is 0 Å². The molecular weight excluding hydrogens is 132 g/mol. The van der Waals surface area contributed by atoms with Crippen LogP contribution in [0.2, 0.25) is 0 Å². The van der Waals surface area contributed by atoms with Crippen molar-refractivity contribution in [3.63, 3.8) is 0 Å². The quantitative estimate of drug-likeness (QED) is 0.554. The maximum atomic E-state index is 5.40. The second kappa shape index (κ2) is 5.61. The Balaban J connectivity index is 3.26. The van der Waals surface area contributed by atoms with E-state index < -0.39 is 0 Å². The zero-order valence-corrected chi connectivity index (χ0v) is 6.54. The van der Waals surface area contributed by atoms with Gasteiger partial charge in [-0.3, -0.25) is 9.68 Å². The Morgan fingerprint density at radius 2 is 2.00 bits per heavy atom. The summed E-state index contributed by atoms with van der Waals surface area (Å²) >= 11 is 0. The topological polar surface area (TPSA) is 47.7 Å². The number of nitrogens with zero attached hydrogens (tertiary/aromatic N) is 1. The molecule has 0 saturated heterocycles. The van der Waals surface area contributed by atoms with Crippen molar-refractivity contribution in [2.24, 2.45) is 5.73 Å². The molecule has 1 atom stereocenters. The Kier molecular flexibility index (Phi) is 5.52. The van der Waals surface area contributed by atoms with E-state index in [9.17, 15) is 0 Å². The molecule has 0 aliphatic heterocycles. The first-order valence-electron chi connectivity index (χ1n) is 3.15. The van der Waals surface area contributed by atoms with Crippen LogP contribution in [0.3, 0.4) is 0 Å². The van der Waals surface area contributed by atoms with Crippen LogP contribution in [0.5, 0.6) is 0 Å². The number of hydroxylamine groups is 2. The minimum Gasteiger partial charge on any atom is -0.328 e. The van der Waals surface area contributed by atoms with Crippen molar-refractivity contribution in [2.75, 3.05) is 20.8 Å². The molecule has 0 fully saturated rings. The number of nitrogens with two attached hydrogens (primary N) is 1. The molecule has 4 heteroatoms. The molecule has 0 aromatic rings. The number of hydrogen-bond acceptors (Lipinski definition) is 4. The third-order valence-electron chi connectivity index (χ3n) is 1.09. The van der Waals surface area contributed by atoms with Crippen molar-refractivity contribution in [3.05, 3.63) is 6.92 Å². The average Bonchev–Trinajstić information content (AvgIpc) is 1.90. The Morgan fingerprint density at radius 1 is 1.50 bits per heavy atom. The van der Waals surface area contributed by atoms with Gasteiger partial charge in [0.2, 0.25) is 0 Å². The maximum Gasteiger partial charge on any atom is 0.0601 e. The molecule has 0 amide bonds. The van der Waals surface area contributed by atoms with Crippen molar-refractivity contribution < 1.29 is 9.68 Å². The molecule has 1 radical (unpaired) electrons. The van der Waals surface area contributed by atoms with Crippen LogP contribution in [-0.2, 0) is 9.68 Å². The molecule has 0 aromatic heterocycles. The number of hydrogen-bond donors (Lipinski definition) is 1. The molecule has 0 aromatic carbocycles. The molecule has 0 aliphatic carbocycles. The minimum atomic E-state index is -0.0622. The van der Waals surface area contributed by atoms with Gasteiger partial charge < -0.3 is 5.73 Å². The second-order valence-electron chi connectivity index (χ2n) is 1.97. The van der Waals surface area contributed by atoms with Gasteiger partial charge in [0.05, 0.1) is 20.8 Å². The fourth-order valence-electron chi connectivity index (χ4n) is 0.528. The van der Waals surface area contributed by atoms with Crippen LogP contribution in [0.25, 0.3) is 0 Å². The lowest BCUT2D eigenvalue weighted by molar-refractivity contribution is -0.342. The third kappa shape index (κ3) is 4.69. The van der Waals surface area contributed by atoms with E-state index in [1.165, 1.54) is 19.4 Å². The SMILES string of the molecule is [CH2]C(N)CCN(OC)OC. The molecule has 0 saturated carbocycles. The van der Waals surface area contributed by atoms with Gasteiger partial charge in [0.25, 0.3) is 0 Å². The fourth-order valence-corrected chi connectivity index (χ4v) is 0.528. The van der Waals surface area contributed by atoms with Gasteiger partial charge in [-0.25, -0.2) is 0 Å². The molecule has 61 valence electrons. The molecule has 2 N–H and O–H groups in total. The summed E-state index contributed by atoms with van der Waals surface area (Å²) in [5.41, 5.74) is 5.40. The highest BCUT2D eigenvalue weighted by Gasteiger charge is 2.01. The molecule has 1 unspecified atom stereocenters. The molecule has 0 heterocycles. The van der Waals surface area contributed by atoms with Gasteiger partial charge >= 0.3 is 0 Å². The highest BCUT2D eigenvalue weighted by atomic mass is 16.9. The van der Waals surface area contributed by atoms with Crippen molar-refractivity contribution in [1.82, 2.24) is 5.23 Å². The monoisotopic (exact) mass is 147 g/mol. The van der Waals surface area contributed by atoms with Gasteiger partial charge in [-0.1, -0.05) is 5.23 Å². The largest absolute Gasteiger partial charge is 0.328 e. The second-order valence-corrected chi connectivity index (χ2v) is 1.97. The summed E-state index contributed by atoms with van der Waals surface area (Å²) in [6.07, 6.45) is 0.752. The molecule has 0 spiro atoms. The highest BCUT2D eigenvalue weighted by molar-refractivity contribution is 4.61. The van der Waals surface area contributed by atoms with E-state index in [1.807, 2.05) is 0 Å². The van der Waals surface area contributed by atoms with Crippen molar-refractivity contribution in [2.45, 2.75) is 12.5 Å².